The number of thiocarbonyl (C=S) groups is 1. The van der Waals surface area contributed by atoms with Crippen LogP contribution in [0.25, 0.3) is 6.08 Å². The Morgan fingerprint density at radius 1 is 1.47 bits per heavy atom. The van der Waals surface area contributed by atoms with E-state index in [1.807, 2.05) is 44.2 Å². The Morgan fingerprint density at radius 2 is 2.24 bits per heavy atom. The van der Waals surface area contributed by atoms with E-state index in [0.717, 1.165) is 11.3 Å². The lowest BCUT2D eigenvalue weighted by Gasteiger charge is -2.13. The molecule has 0 aromatic heterocycles. The Kier molecular flexibility index (Phi) is 5.66. The van der Waals surface area contributed by atoms with E-state index in [9.17, 15) is 0 Å². The van der Waals surface area contributed by atoms with E-state index in [-0.39, 0.29) is 6.61 Å². The summed E-state index contributed by atoms with van der Waals surface area (Å²) < 4.78 is 0. The summed E-state index contributed by atoms with van der Waals surface area (Å²) in [6.07, 6.45) is 3.56. The number of anilines is 1. The van der Waals surface area contributed by atoms with Gasteiger partial charge >= 0.3 is 0 Å². The number of hydrogen-bond donors (Lipinski definition) is 3. The number of aliphatic hydroxyl groups excluding tert-OH is 1. The topological polar surface area (TPSA) is 44.3 Å². The van der Waals surface area contributed by atoms with Gasteiger partial charge in [0.15, 0.2) is 5.11 Å². The molecule has 0 saturated heterocycles. The predicted molar refractivity (Wildman–Crippen MR) is 77.1 cm³/mol. The first-order valence-corrected chi connectivity index (χ1v) is 5.97. The first-order chi connectivity index (χ1) is 8.11. The number of nitrogens with one attached hydrogen (secondary N) is 2. The minimum absolute atomic E-state index is 0.0466. The zero-order valence-corrected chi connectivity index (χ0v) is 10.9. The normalized spacial score (nSPS) is 10.8. The highest BCUT2D eigenvalue weighted by Gasteiger charge is 1.99. The highest BCUT2D eigenvalue weighted by atomic mass is 32.1. The molecule has 0 amide bonds. The summed E-state index contributed by atoms with van der Waals surface area (Å²) in [5, 5.41) is 15.6. The summed E-state index contributed by atoms with van der Waals surface area (Å²) in [6, 6.07) is 8.14. The van der Waals surface area contributed by atoms with E-state index < -0.39 is 0 Å². The van der Waals surface area contributed by atoms with Crippen molar-refractivity contribution in [3.05, 3.63) is 35.9 Å². The van der Waals surface area contributed by atoms with Crippen molar-refractivity contribution in [2.45, 2.75) is 19.9 Å². The zero-order valence-electron chi connectivity index (χ0n) is 10.1. The lowest BCUT2D eigenvalue weighted by atomic mass is 10.2. The first-order valence-electron chi connectivity index (χ1n) is 5.57. The molecule has 0 atom stereocenters. The fourth-order valence-corrected chi connectivity index (χ4v) is 1.69. The lowest BCUT2D eigenvalue weighted by molar-refractivity contribution is 0.343. The Labute approximate surface area is 108 Å². The summed E-state index contributed by atoms with van der Waals surface area (Å²) >= 11 is 5.16. The zero-order chi connectivity index (χ0) is 12.7. The van der Waals surface area contributed by atoms with Crippen LogP contribution in [0.1, 0.15) is 19.4 Å². The maximum Gasteiger partial charge on any atom is 0.170 e. The molecule has 3 N–H and O–H groups in total. The van der Waals surface area contributed by atoms with Gasteiger partial charge in [-0.1, -0.05) is 24.3 Å². The van der Waals surface area contributed by atoms with Gasteiger partial charge in [0, 0.05) is 11.7 Å². The quantitative estimate of drug-likeness (QED) is 0.718. The second-order valence-electron chi connectivity index (χ2n) is 3.96. The number of rotatable bonds is 4. The van der Waals surface area contributed by atoms with Gasteiger partial charge in [-0.25, -0.2) is 0 Å². The van der Waals surface area contributed by atoms with Crippen LogP contribution in [0.3, 0.4) is 0 Å². The molecule has 0 unspecified atom stereocenters. The van der Waals surface area contributed by atoms with Crippen molar-refractivity contribution >= 4 is 29.1 Å². The fraction of sp³-hybridized carbons (Fsp3) is 0.308. The van der Waals surface area contributed by atoms with Crippen molar-refractivity contribution < 1.29 is 5.11 Å². The second kappa shape index (κ2) is 7.04. The van der Waals surface area contributed by atoms with Crippen LogP contribution >= 0.6 is 12.2 Å². The van der Waals surface area contributed by atoms with Gasteiger partial charge in [-0.2, -0.15) is 0 Å². The van der Waals surface area contributed by atoms with E-state index >= 15 is 0 Å². The third kappa shape index (κ3) is 5.47. The van der Waals surface area contributed by atoms with Crippen LogP contribution in [0, 0.1) is 0 Å². The number of benzene rings is 1. The summed E-state index contributed by atoms with van der Waals surface area (Å²) in [4.78, 5) is 0. The van der Waals surface area contributed by atoms with E-state index in [0.29, 0.717) is 11.2 Å². The van der Waals surface area contributed by atoms with Crippen molar-refractivity contribution in [2.24, 2.45) is 0 Å². The molecule has 0 radical (unpaired) electrons. The Balaban J connectivity index is 2.65. The SMILES string of the molecule is CC(C)NC(=S)Nc1cccc(C=CCO)c1. The standard InChI is InChI=1S/C13H18N2OS/c1-10(2)14-13(17)15-12-7-3-5-11(9-12)6-4-8-16/h3-7,9-10,16H,8H2,1-2H3,(H2,14,15,17). The van der Waals surface area contributed by atoms with Crippen molar-refractivity contribution in [1.82, 2.24) is 5.32 Å². The molecule has 1 aromatic rings. The van der Waals surface area contributed by atoms with E-state index in [2.05, 4.69) is 10.6 Å². The molecule has 4 heteroatoms. The Morgan fingerprint density at radius 3 is 2.88 bits per heavy atom. The molecule has 1 rings (SSSR count). The third-order valence-electron chi connectivity index (χ3n) is 1.98. The Bertz CT molecular complexity index is 402. The van der Waals surface area contributed by atoms with E-state index in [1.165, 1.54) is 0 Å². The first kappa shape index (κ1) is 13.7. The molecule has 0 saturated carbocycles. The molecule has 0 aliphatic carbocycles. The molecule has 0 aliphatic rings. The van der Waals surface area contributed by atoms with Gasteiger partial charge < -0.3 is 15.7 Å². The van der Waals surface area contributed by atoms with Crippen LogP contribution in [0.2, 0.25) is 0 Å². The van der Waals surface area contributed by atoms with Gasteiger partial charge in [-0.05, 0) is 43.8 Å². The minimum Gasteiger partial charge on any atom is -0.392 e. The van der Waals surface area contributed by atoms with Gasteiger partial charge in [-0.3, -0.25) is 0 Å². The highest BCUT2D eigenvalue weighted by Crippen LogP contribution is 2.11. The van der Waals surface area contributed by atoms with Crippen molar-refractivity contribution in [2.75, 3.05) is 11.9 Å². The maximum atomic E-state index is 8.71. The number of hydrogen-bond acceptors (Lipinski definition) is 2. The van der Waals surface area contributed by atoms with Gasteiger partial charge in [0.1, 0.15) is 0 Å². The maximum absolute atomic E-state index is 8.71. The van der Waals surface area contributed by atoms with Crippen LogP contribution in [0.5, 0.6) is 0 Å². The van der Waals surface area contributed by atoms with Crippen LogP contribution in [-0.4, -0.2) is 22.9 Å². The summed E-state index contributed by atoms with van der Waals surface area (Å²) in [5.41, 5.74) is 1.96. The van der Waals surface area contributed by atoms with Crippen LogP contribution in [0.15, 0.2) is 30.3 Å². The molecule has 0 bridgehead atoms. The van der Waals surface area contributed by atoms with Gasteiger partial charge in [-0.15, -0.1) is 0 Å². The average molecular weight is 250 g/mol. The molecular formula is C13H18N2OS. The smallest absolute Gasteiger partial charge is 0.170 e. The van der Waals surface area contributed by atoms with E-state index in [1.54, 1.807) is 6.08 Å². The van der Waals surface area contributed by atoms with Gasteiger partial charge in [0.25, 0.3) is 0 Å². The monoisotopic (exact) mass is 250 g/mol. The molecule has 1 aromatic carbocycles. The van der Waals surface area contributed by atoms with Crippen LogP contribution in [-0.2, 0) is 0 Å². The largest absolute Gasteiger partial charge is 0.392 e. The molecule has 0 spiro atoms. The van der Waals surface area contributed by atoms with Gasteiger partial charge in [0.2, 0.25) is 0 Å². The highest BCUT2D eigenvalue weighted by molar-refractivity contribution is 7.80. The van der Waals surface area contributed by atoms with Crippen LogP contribution < -0.4 is 10.6 Å². The lowest BCUT2D eigenvalue weighted by Crippen LogP contribution is -2.33. The third-order valence-corrected chi connectivity index (χ3v) is 2.20. The summed E-state index contributed by atoms with van der Waals surface area (Å²) in [6.45, 7) is 4.12. The minimum atomic E-state index is 0.0466. The number of aliphatic hydroxyl groups is 1. The summed E-state index contributed by atoms with van der Waals surface area (Å²) in [7, 11) is 0. The molecule has 0 fully saturated rings. The average Bonchev–Trinajstić information content (AvgIpc) is 2.25. The molecule has 0 aliphatic heterocycles. The van der Waals surface area contributed by atoms with Gasteiger partial charge in [0.05, 0.1) is 6.61 Å². The molecular weight excluding hydrogens is 232 g/mol. The molecule has 92 valence electrons. The predicted octanol–water partition coefficient (Wildman–Crippen LogP) is 2.39. The van der Waals surface area contributed by atoms with Crippen molar-refractivity contribution in [1.29, 1.82) is 0 Å². The van der Waals surface area contributed by atoms with Crippen molar-refractivity contribution in [3.8, 4) is 0 Å². The van der Waals surface area contributed by atoms with Crippen LogP contribution in [0.4, 0.5) is 5.69 Å². The molecule has 3 nitrogen and oxygen atoms in total. The Hall–Kier alpha value is -1.39. The summed E-state index contributed by atoms with van der Waals surface area (Å²) in [5.74, 6) is 0. The fourth-order valence-electron chi connectivity index (χ4n) is 1.34. The second-order valence-corrected chi connectivity index (χ2v) is 4.37. The molecule has 17 heavy (non-hydrogen) atoms. The van der Waals surface area contributed by atoms with Crippen molar-refractivity contribution in [3.63, 3.8) is 0 Å². The molecule has 0 heterocycles. The van der Waals surface area contributed by atoms with E-state index in [4.69, 9.17) is 17.3 Å².